The summed E-state index contributed by atoms with van der Waals surface area (Å²) in [4.78, 5) is 8.53. The van der Waals surface area contributed by atoms with Gasteiger partial charge in [-0.3, -0.25) is 0 Å². The number of hydrogen-bond acceptors (Lipinski definition) is 7. The molecule has 8 heteroatoms. The van der Waals surface area contributed by atoms with Gasteiger partial charge in [0.1, 0.15) is 0 Å². The lowest BCUT2D eigenvalue weighted by atomic mass is 10.3. The zero-order valence-electron chi connectivity index (χ0n) is 9.88. The van der Waals surface area contributed by atoms with Crippen LogP contribution < -0.4 is 10.6 Å². The molecule has 96 valence electrons. The summed E-state index contributed by atoms with van der Waals surface area (Å²) in [6.45, 7) is 0. The van der Waals surface area contributed by atoms with Gasteiger partial charge in [-0.15, -0.1) is 0 Å². The molecule has 2 N–H and O–H groups in total. The molecule has 0 saturated heterocycles. The zero-order valence-corrected chi connectivity index (χ0v) is 10.6. The molecule has 0 unspecified atom stereocenters. The van der Waals surface area contributed by atoms with Crippen LogP contribution in [0.3, 0.4) is 0 Å². The van der Waals surface area contributed by atoms with Crippen molar-refractivity contribution < 1.29 is 4.63 Å². The minimum absolute atomic E-state index is 0.343. The van der Waals surface area contributed by atoms with Crippen LogP contribution in [-0.4, -0.2) is 27.3 Å². The van der Waals surface area contributed by atoms with Gasteiger partial charge in [0, 0.05) is 17.8 Å². The lowest BCUT2D eigenvalue weighted by molar-refractivity contribution is 0.314. The number of rotatable bonds is 3. The summed E-state index contributed by atoms with van der Waals surface area (Å²) >= 11 is 5.84. The first-order chi connectivity index (χ1) is 9.26. The molecule has 2 heterocycles. The lowest BCUT2D eigenvalue weighted by Gasteiger charge is -2.09. The normalized spacial score (nSPS) is 10.6. The SMILES string of the molecule is CNc1nc2nonc2nc1Nc1ccc(Cl)cc1. The Labute approximate surface area is 113 Å². The van der Waals surface area contributed by atoms with Crippen LogP contribution in [-0.2, 0) is 0 Å². The number of anilines is 3. The van der Waals surface area contributed by atoms with Crippen LogP contribution in [0, 0.1) is 0 Å². The fourth-order valence-electron chi connectivity index (χ4n) is 1.57. The van der Waals surface area contributed by atoms with Crippen LogP contribution >= 0.6 is 11.6 Å². The molecule has 0 aliphatic rings. The van der Waals surface area contributed by atoms with Crippen LogP contribution in [0.4, 0.5) is 17.3 Å². The number of hydrogen-bond donors (Lipinski definition) is 2. The summed E-state index contributed by atoms with van der Waals surface area (Å²) in [5.41, 5.74) is 1.53. The van der Waals surface area contributed by atoms with Crippen molar-refractivity contribution in [1.82, 2.24) is 20.3 Å². The third-order valence-corrected chi connectivity index (χ3v) is 2.71. The highest BCUT2D eigenvalue weighted by atomic mass is 35.5. The highest BCUT2D eigenvalue weighted by Crippen LogP contribution is 2.24. The second kappa shape index (κ2) is 4.69. The van der Waals surface area contributed by atoms with Gasteiger partial charge in [-0.25, -0.2) is 14.6 Å². The summed E-state index contributed by atoms with van der Waals surface area (Å²) in [5, 5.41) is 14.0. The fraction of sp³-hybridized carbons (Fsp3) is 0.0909. The second-order valence-corrected chi connectivity index (χ2v) is 4.15. The molecular formula is C11H9ClN6O. The minimum atomic E-state index is 0.343. The first-order valence-electron chi connectivity index (χ1n) is 5.47. The quantitative estimate of drug-likeness (QED) is 0.759. The largest absolute Gasteiger partial charge is 0.370 e. The van der Waals surface area contributed by atoms with Gasteiger partial charge in [-0.1, -0.05) is 11.6 Å². The van der Waals surface area contributed by atoms with E-state index in [4.69, 9.17) is 11.6 Å². The van der Waals surface area contributed by atoms with E-state index in [0.29, 0.717) is 28.0 Å². The summed E-state index contributed by atoms with van der Waals surface area (Å²) < 4.78 is 4.59. The molecule has 0 saturated carbocycles. The monoisotopic (exact) mass is 276 g/mol. The highest BCUT2D eigenvalue weighted by Gasteiger charge is 2.11. The Balaban J connectivity index is 2.00. The van der Waals surface area contributed by atoms with Crippen molar-refractivity contribution in [2.45, 2.75) is 0 Å². The lowest BCUT2D eigenvalue weighted by Crippen LogP contribution is -2.02. The van der Waals surface area contributed by atoms with Gasteiger partial charge in [0.2, 0.25) is 11.3 Å². The van der Waals surface area contributed by atoms with Gasteiger partial charge in [0.25, 0.3) is 0 Å². The topological polar surface area (TPSA) is 88.8 Å². The maximum atomic E-state index is 5.84. The third-order valence-electron chi connectivity index (χ3n) is 2.46. The van der Waals surface area contributed by atoms with E-state index < -0.39 is 0 Å². The van der Waals surface area contributed by atoms with Gasteiger partial charge in [-0.05, 0) is 34.6 Å². The first kappa shape index (κ1) is 11.7. The van der Waals surface area contributed by atoms with Crippen molar-refractivity contribution in [3.63, 3.8) is 0 Å². The molecule has 0 spiro atoms. The van der Waals surface area contributed by atoms with E-state index in [9.17, 15) is 0 Å². The molecule has 0 bridgehead atoms. The summed E-state index contributed by atoms with van der Waals surface area (Å²) in [6.07, 6.45) is 0. The number of nitrogens with one attached hydrogen (secondary N) is 2. The Morgan fingerprint density at radius 2 is 1.63 bits per heavy atom. The van der Waals surface area contributed by atoms with Gasteiger partial charge >= 0.3 is 0 Å². The summed E-state index contributed by atoms with van der Waals surface area (Å²) in [7, 11) is 1.75. The number of aromatic nitrogens is 4. The zero-order chi connectivity index (χ0) is 13.2. The molecule has 0 aliphatic heterocycles. The van der Waals surface area contributed by atoms with E-state index in [0.717, 1.165) is 5.69 Å². The van der Waals surface area contributed by atoms with Crippen LogP contribution in [0.2, 0.25) is 5.02 Å². The molecule has 1 aromatic carbocycles. The molecule has 0 radical (unpaired) electrons. The van der Waals surface area contributed by atoms with E-state index in [2.05, 4.69) is 35.5 Å². The molecule has 7 nitrogen and oxygen atoms in total. The average molecular weight is 277 g/mol. The van der Waals surface area contributed by atoms with Crippen molar-refractivity contribution in [1.29, 1.82) is 0 Å². The Hall–Kier alpha value is -2.41. The van der Waals surface area contributed by atoms with Crippen molar-refractivity contribution in [3.05, 3.63) is 29.3 Å². The molecule has 0 fully saturated rings. The smallest absolute Gasteiger partial charge is 0.245 e. The van der Waals surface area contributed by atoms with E-state index in [-0.39, 0.29) is 0 Å². The average Bonchev–Trinajstić information content (AvgIpc) is 2.87. The number of benzene rings is 1. The molecule has 0 amide bonds. The molecule has 3 aromatic rings. The Kier molecular flexibility index (Phi) is 2.88. The fourth-order valence-corrected chi connectivity index (χ4v) is 1.70. The molecule has 0 aliphatic carbocycles. The van der Waals surface area contributed by atoms with E-state index >= 15 is 0 Å². The van der Waals surface area contributed by atoms with E-state index in [1.165, 1.54) is 0 Å². The van der Waals surface area contributed by atoms with Crippen LogP contribution in [0.15, 0.2) is 28.9 Å². The van der Waals surface area contributed by atoms with Crippen molar-refractivity contribution >= 4 is 40.2 Å². The predicted molar refractivity (Wildman–Crippen MR) is 71.7 cm³/mol. The molecule has 2 aromatic heterocycles. The van der Waals surface area contributed by atoms with Gasteiger partial charge < -0.3 is 10.6 Å². The van der Waals surface area contributed by atoms with Crippen molar-refractivity contribution in [2.75, 3.05) is 17.7 Å². The van der Waals surface area contributed by atoms with Crippen molar-refractivity contribution in [2.24, 2.45) is 0 Å². The van der Waals surface area contributed by atoms with E-state index in [1.807, 2.05) is 12.1 Å². The number of fused-ring (bicyclic) bond motifs is 1. The minimum Gasteiger partial charge on any atom is -0.370 e. The predicted octanol–water partition coefficient (Wildman–Crippen LogP) is 2.45. The maximum absolute atomic E-state index is 5.84. The maximum Gasteiger partial charge on any atom is 0.245 e. The molecular weight excluding hydrogens is 268 g/mol. The van der Waals surface area contributed by atoms with Gasteiger partial charge in [-0.2, -0.15) is 0 Å². The van der Waals surface area contributed by atoms with E-state index in [1.54, 1.807) is 19.2 Å². The van der Waals surface area contributed by atoms with Crippen LogP contribution in [0.5, 0.6) is 0 Å². The number of halogens is 1. The third kappa shape index (κ3) is 2.27. The van der Waals surface area contributed by atoms with Crippen LogP contribution in [0.25, 0.3) is 11.3 Å². The highest BCUT2D eigenvalue weighted by molar-refractivity contribution is 6.30. The molecule has 0 atom stereocenters. The first-order valence-corrected chi connectivity index (χ1v) is 5.85. The Morgan fingerprint density at radius 3 is 2.26 bits per heavy atom. The summed E-state index contributed by atoms with van der Waals surface area (Å²) in [5.74, 6) is 1.09. The second-order valence-electron chi connectivity index (χ2n) is 3.71. The van der Waals surface area contributed by atoms with Crippen LogP contribution in [0.1, 0.15) is 0 Å². The molecule has 3 rings (SSSR count). The standard InChI is InChI=1S/C11H9ClN6O/c1-13-8-9(14-7-4-2-6(12)3-5-7)16-11-10(15-8)17-19-18-11/h2-5H,1H3,(H,13,15,17)(H,14,16,18). The Morgan fingerprint density at radius 1 is 1.00 bits per heavy atom. The summed E-state index contributed by atoms with van der Waals surface area (Å²) in [6, 6.07) is 7.25. The van der Waals surface area contributed by atoms with Crippen molar-refractivity contribution in [3.8, 4) is 0 Å². The van der Waals surface area contributed by atoms with Gasteiger partial charge in [0.15, 0.2) is 11.6 Å². The van der Waals surface area contributed by atoms with Gasteiger partial charge in [0.05, 0.1) is 0 Å². The molecule has 19 heavy (non-hydrogen) atoms. The number of nitrogens with zero attached hydrogens (tertiary/aromatic N) is 4. The Bertz CT molecular complexity index is 711.